The summed E-state index contributed by atoms with van der Waals surface area (Å²) in [6.45, 7) is 1.76. The first-order chi connectivity index (χ1) is 11.8. The minimum atomic E-state index is -3.88. The van der Waals surface area contributed by atoms with Gasteiger partial charge in [-0.3, -0.25) is 14.4 Å². The van der Waals surface area contributed by atoms with Crippen molar-refractivity contribution in [3.63, 3.8) is 0 Å². The molecule has 2 rings (SSSR count). The summed E-state index contributed by atoms with van der Waals surface area (Å²) in [6, 6.07) is 10.3. The lowest BCUT2D eigenvalue weighted by atomic mass is 10.2. The van der Waals surface area contributed by atoms with E-state index < -0.39 is 14.9 Å². The Morgan fingerprint density at radius 1 is 1.20 bits per heavy atom. The third-order valence-corrected chi connectivity index (χ3v) is 6.22. The first kappa shape index (κ1) is 19.1. The fraction of sp³-hybridized carbons (Fsp3) is 0.250. The van der Waals surface area contributed by atoms with E-state index in [0.717, 1.165) is 9.20 Å². The summed E-state index contributed by atoms with van der Waals surface area (Å²) in [6.07, 6.45) is 1.90. The van der Waals surface area contributed by atoms with Gasteiger partial charge in [-0.2, -0.15) is 0 Å². The Bertz CT molecular complexity index is 867. The van der Waals surface area contributed by atoms with Crippen molar-refractivity contribution in [1.29, 1.82) is 0 Å². The monoisotopic (exact) mass is 382 g/mol. The average Bonchev–Trinajstić information content (AvgIpc) is 2.62. The smallest absolute Gasteiger partial charge is 0.271 e. The van der Waals surface area contributed by atoms with Gasteiger partial charge in [-0.1, -0.05) is 0 Å². The summed E-state index contributed by atoms with van der Waals surface area (Å²) in [5.41, 5.74) is -0.0738. The number of anilines is 1. The van der Waals surface area contributed by atoms with Gasteiger partial charge in [0.15, 0.2) is 0 Å². The van der Waals surface area contributed by atoms with E-state index in [0.29, 0.717) is 0 Å². The van der Waals surface area contributed by atoms with Gasteiger partial charge >= 0.3 is 0 Å². The maximum absolute atomic E-state index is 13.0. The second-order valence-corrected chi connectivity index (χ2v) is 7.70. The van der Waals surface area contributed by atoms with Crippen LogP contribution < -0.4 is 9.04 Å². The van der Waals surface area contributed by atoms with Crippen molar-refractivity contribution in [3.05, 3.63) is 52.6 Å². The van der Waals surface area contributed by atoms with Crippen molar-refractivity contribution < 1.29 is 18.1 Å². The summed E-state index contributed by atoms with van der Waals surface area (Å²) in [5, 5.41) is 11.0. The molecule has 0 fully saturated rings. The number of nitro groups is 1. The van der Waals surface area contributed by atoms with Gasteiger partial charge in [0.1, 0.15) is 11.4 Å². The Labute approximate surface area is 150 Å². The molecule has 0 unspecified atom stereocenters. The highest BCUT2D eigenvalue weighted by Crippen LogP contribution is 2.35. The highest BCUT2D eigenvalue weighted by Gasteiger charge is 2.27. The van der Waals surface area contributed by atoms with E-state index in [9.17, 15) is 18.5 Å². The first-order valence-electron chi connectivity index (χ1n) is 7.34. The Hall–Kier alpha value is -2.26. The van der Waals surface area contributed by atoms with Crippen LogP contribution in [0.4, 0.5) is 11.4 Å². The average molecular weight is 382 g/mol. The first-order valence-corrected chi connectivity index (χ1v) is 10.0. The van der Waals surface area contributed by atoms with E-state index in [2.05, 4.69) is 0 Å². The summed E-state index contributed by atoms with van der Waals surface area (Å²) in [7, 11) is -2.50. The molecule has 2 aromatic carbocycles. The zero-order valence-corrected chi connectivity index (χ0v) is 15.6. The van der Waals surface area contributed by atoms with Crippen LogP contribution in [0.25, 0.3) is 0 Å². The molecule has 0 spiro atoms. The van der Waals surface area contributed by atoms with Crippen molar-refractivity contribution >= 4 is 33.2 Å². The maximum atomic E-state index is 13.0. The predicted molar refractivity (Wildman–Crippen MR) is 98.1 cm³/mol. The van der Waals surface area contributed by atoms with Crippen LogP contribution in [0.1, 0.15) is 6.92 Å². The Balaban J connectivity index is 2.57. The van der Waals surface area contributed by atoms with E-state index in [1.165, 1.54) is 49.2 Å². The molecule has 0 aliphatic rings. The molecule has 0 N–H and O–H groups in total. The fourth-order valence-electron chi connectivity index (χ4n) is 2.33. The molecule has 2 aromatic rings. The lowest BCUT2D eigenvalue weighted by Gasteiger charge is -2.24. The number of thioether (sulfide) groups is 1. The van der Waals surface area contributed by atoms with E-state index in [-0.39, 0.29) is 28.6 Å². The highest BCUT2D eigenvalue weighted by molar-refractivity contribution is 7.98. The number of rotatable bonds is 7. The van der Waals surface area contributed by atoms with Crippen LogP contribution in [0.2, 0.25) is 0 Å². The molecule has 0 bridgehead atoms. The molecule has 0 heterocycles. The van der Waals surface area contributed by atoms with Crippen molar-refractivity contribution in [2.75, 3.05) is 24.2 Å². The largest absolute Gasteiger partial charge is 0.495 e. The third-order valence-electron chi connectivity index (χ3n) is 3.58. The number of hydrogen-bond acceptors (Lipinski definition) is 6. The molecule has 0 saturated heterocycles. The summed E-state index contributed by atoms with van der Waals surface area (Å²) in [4.78, 5) is 11.5. The topological polar surface area (TPSA) is 89.8 Å². The number of nitrogens with zero attached hydrogens (tertiary/aromatic N) is 2. The number of hydrogen-bond donors (Lipinski definition) is 0. The minimum Gasteiger partial charge on any atom is -0.495 e. The number of benzene rings is 2. The fourth-order valence-corrected chi connectivity index (χ4v) is 4.22. The molecule has 0 saturated carbocycles. The van der Waals surface area contributed by atoms with E-state index in [1.54, 1.807) is 19.1 Å². The maximum Gasteiger partial charge on any atom is 0.271 e. The molecule has 0 atom stereocenters. The van der Waals surface area contributed by atoms with Gasteiger partial charge in [0, 0.05) is 23.6 Å². The van der Waals surface area contributed by atoms with Crippen LogP contribution in [-0.4, -0.2) is 33.3 Å². The van der Waals surface area contributed by atoms with Crippen molar-refractivity contribution in [2.24, 2.45) is 0 Å². The van der Waals surface area contributed by atoms with Crippen LogP contribution in [0.15, 0.2) is 52.3 Å². The van der Waals surface area contributed by atoms with Crippen molar-refractivity contribution in [2.45, 2.75) is 16.7 Å². The van der Waals surface area contributed by atoms with Crippen LogP contribution in [0, 0.1) is 10.1 Å². The molecule has 134 valence electrons. The molecular formula is C16H18N2O5S2. The van der Waals surface area contributed by atoms with Crippen LogP contribution in [0.3, 0.4) is 0 Å². The normalized spacial score (nSPS) is 11.2. The molecular weight excluding hydrogens is 364 g/mol. The molecule has 25 heavy (non-hydrogen) atoms. The zero-order chi connectivity index (χ0) is 18.6. The molecule has 0 radical (unpaired) electrons. The standard InChI is InChI=1S/C16H18N2O5S2/c1-4-17(15-11-12(18(19)20)5-10-16(15)23-2)25(21,22)14-8-6-13(24-3)7-9-14/h5-11H,4H2,1-3H3. The molecule has 9 heteroatoms. The second-order valence-electron chi connectivity index (χ2n) is 4.96. The van der Waals surface area contributed by atoms with E-state index >= 15 is 0 Å². The van der Waals surface area contributed by atoms with Gasteiger partial charge in [-0.25, -0.2) is 8.42 Å². The third kappa shape index (κ3) is 3.88. The van der Waals surface area contributed by atoms with Crippen molar-refractivity contribution in [1.82, 2.24) is 0 Å². The lowest BCUT2D eigenvalue weighted by molar-refractivity contribution is -0.384. The summed E-state index contributed by atoms with van der Waals surface area (Å²) >= 11 is 1.51. The predicted octanol–water partition coefficient (Wildman–Crippen LogP) is 3.54. The lowest BCUT2D eigenvalue weighted by Crippen LogP contribution is -2.31. The zero-order valence-electron chi connectivity index (χ0n) is 14.0. The van der Waals surface area contributed by atoms with Gasteiger partial charge < -0.3 is 4.74 Å². The number of methoxy groups -OCH3 is 1. The van der Waals surface area contributed by atoms with Gasteiger partial charge in [0.05, 0.1) is 16.9 Å². The Kier molecular flexibility index (Phi) is 5.91. The molecule has 7 nitrogen and oxygen atoms in total. The molecule has 0 aromatic heterocycles. The summed E-state index contributed by atoms with van der Waals surface area (Å²) < 4.78 is 32.3. The van der Waals surface area contributed by atoms with Crippen LogP contribution >= 0.6 is 11.8 Å². The summed E-state index contributed by atoms with van der Waals surface area (Å²) in [5.74, 6) is 0.247. The molecule has 0 aliphatic heterocycles. The van der Waals surface area contributed by atoms with Gasteiger partial charge in [-0.15, -0.1) is 11.8 Å². The van der Waals surface area contributed by atoms with Crippen LogP contribution in [0.5, 0.6) is 5.75 Å². The second kappa shape index (κ2) is 7.75. The Morgan fingerprint density at radius 2 is 1.84 bits per heavy atom. The number of non-ortho nitro benzene ring substituents is 1. The number of nitro benzene ring substituents is 1. The van der Waals surface area contributed by atoms with Gasteiger partial charge in [-0.05, 0) is 43.5 Å². The number of sulfonamides is 1. The SMILES string of the molecule is CCN(c1cc([N+](=O)[O-])ccc1OC)S(=O)(=O)c1ccc(SC)cc1. The van der Waals surface area contributed by atoms with Gasteiger partial charge in [0.2, 0.25) is 0 Å². The minimum absolute atomic E-state index is 0.101. The molecule has 0 aliphatic carbocycles. The molecule has 0 amide bonds. The van der Waals surface area contributed by atoms with E-state index in [4.69, 9.17) is 4.74 Å². The quantitative estimate of drug-likeness (QED) is 0.413. The van der Waals surface area contributed by atoms with E-state index in [1.807, 2.05) is 6.26 Å². The van der Waals surface area contributed by atoms with Gasteiger partial charge in [0.25, 0.3) is 15.7 Å². The Morgan fingerprint density at radius 3 is 2.32 bits per heavy atom. The number of ether oxygens (including phenoxy) is 1. The highest BCUT2D eigenvalue weighted by atomic mass is 32.2. The van der Waals surface area contributed by atoms with Crippen LogP contribution in [-0.2, 0) is 10.0 Å². The van der Waals surface area contributed by atoms with Crippen molar-refractivity contribution in [3.8, 4) is 5.75 Å².